The van der Waals surface area contributed by atoms with E-state index in [9.17, 15) is 9.18 Å². The molecule has 17 heavy (non-hydrogen) atoms. The Morgan fingerprint density at radius 2 is 2.12 bits per heavy atom. The van der Waals surface area contributed by atoms with Crippen LogP contribution in [0.15, 0.2) is 38.3 Å². The molecule has 2 N–H and O–H groups in total. The van der Waals surface area contributed by atoms with Crippen LogP contribution in [-0.2, 0) is 0 Å². The van der Waals surface area contributed by atoms with Crippen LogP contribution in [0.1, 0.15) is 0 Å². The maximum Gasteiger partial charge on any atom is 0.267 e. The number of aromatic nitrogens is 2. The fourth-order valence-corrected chi connectivity index (χ4v) is 1.95. The number of hydrogen-bond acceptors (Lipinski definition) is 3. The molecule has 0 saturated heterocycles. The summed E-state index contributed by atoms with van der Waals surface area (Å²) < 4.78 is 13.7. The predicted octanol–water partition coefficient (Wildman–Crippen LogP) is 3.18. The molecule has 0 aliphatic carbocycles. The highest BCUT2D eigenvalue weighted by molar-refractivity contribution is 9.11. The highest BCUT2D eigenvalue weighted by Crippen LogP contribution is 2.27. The van der Waals surface area contributed by atoms with E-state index in [0.717, 1.165) is 0 Å². The maximum atomic E-state index is 12.9. The minimum absolute atomic E-state index is 0.288. The topological polar surface area (TPSA) is 57.8 Å². The lowest BCUT2D eigenvalue weighted by atomic mass is 10.3. The fraction of sp³-hybridized carbons (Fsp3) is 0. The van der Waals surface area contributed by atoms with Crippen molar-refractivity contribution in [1.29, 1.82) is 0 Å². The zero-order chi connectivity index (χ0) is 12.4. The number of nitrogens with one attached hydrogen (secondary N) is 2. The summed E-state index contributed by atoms with van der Waals surface area (Å²) in [5.74, 6) is 0.0152. The Morgan fingerprint density at radius 3 is 2.82 bits per heavy atom. The first-order chi connectivity index (χ1) is 8.08. The second-order valence-electron chi connectivity index (χ2n) is 3.14. The molecule has 1 aromatic heterocycles. The summed E-state index contributed by atoms with van der Waals surface area (Å²) in [4.78, 5) is 17.7. The van der Waals surface area contributed by atoms with Gasteiger partial charge in [-0.1, -0.05) is 0 Å². The van der Waals surface area contributed by atoms with E-state index in [1.807, 2.05) is 0 Å². The highest BCUT2D eigenvalue weighted by atomic mass is 79.9. The normalized spacial score (nSPS) is 10.3. The predicted molar refractivity (Wildman–Crippen MR) is 69.9 cm³/mol. The molecule has 0 radical (unpaired) electrons. The number of anilines is 2. The average molecular weight is 363 g/mol. The summed E-state index contributed by atoms with van der Waals surface area (Å²) >= 11 is 6.33. The molecule has 0 aliphatic rings. The van der Waals surface area contributed by atoms with Gasteiger partial charge in [-0.3, -0.25) is 4.79 Å². The molecule has 0 unspecified atom stereocenters. The van der Waals surface area contributed by atoms with E-state index in [0.29, 0.717) is 16.0 Å². The van der Waals surface area contributed by atoms with E-state index in [1.54, 1.807) is 6.07 Å². The Labute approximate surface area is 113 Å². The quantitative estimate of drug-likeness (QED) is 0.862. The molecule has 4 nitrogen and oxygen atoms in total. The highest BCUT2D eigenvalue weighted by Gasteiger charge is 2.07. The van der Waals surface area contributed by atoms with E-state index in [-0.39, 0.29) is 15.8 Å². The second kappa shape index (κ2) is 4.97. The number of halogens is 3. The number of aromatic amines is 1. The first kappa shape index (κ1) is 12.3. The third-order valence-electron chi connectivity index (χ3n) is 1.98. The Morgan fingerprint density at radius 1 is 1.35 bits per heavy atom. The molecular formula is C10H6Br2FN3O. The van der Waals surface area contributed by atoms with Gasteiger partial charge in [0.2, 0.25) is 0 Å². The van der Waals surface area contributed by atoms with Crippen LogP contribution in [0.2, 0.25) is 0 Å². The van der Waals surface area contributed by atoms with E-state index in [4.69, 9.17) is 0 Å². The maximum absolute atomic E-state index is 12.9. The van der Waals surface area contributed by atoms with Gasteiger partial charge in [0.15, 0.2) is 5.82 Å². The van der Waals surface area contributed by atoms with Crippen LogP contribution in [0.5, 0.6) is 0 Å². The minimum Gasteiger partial charge on any atom is -0.338 e. The fourth-order valence-electron chi connectivity index (χ4n) is 1.19. The molecule has 0 bridgehead atoms. The molecule has 1 aromatic carbocycles. The van der Waals surface area contributed by atoms with Crippen molar-refractivity contribution in [3.63, 3.8) is 0 Å². The molecule has 1 heterocycles. The van der Waals surface area contributed by atoms with Crippen LogP contribution in [0.25, 0.3) is 0 Å². The number of rotatable bonds is 2. The number of H-pyrrole nitrogens is 1. The molecule has 0 atom stereocenters. The number of hydrogen-bond donors (Lipinski definition) is 2. The monoisotopic (exact) mass is 361 g/mol. The van der Waals surface area contributed by atoms with Crippen LogP contribution in [-0.4, -0.2) is 9.97 Å². The SMILES string of the molecule is O=c1[nH]cnc(Nc2ccc(F)cc2Br)c1Br. The largest absolute Gasteiger partial charge is 0.338 e. The van der Waals surface area contributed by atoms with Gasteiger partial charge in [-0.05, 0) is 50.1 Å². The average Bonchev–Trinajstić information content (AvgIpc) is 2.28. The Balaban J connectivity index is 2.38. The first-order valence-corrected chi connectivity index (χ1v) is 6.12. The summed E-state index contributed by atoms with van der Waals surface area (Å²) in [6.07, 6.45) is 1.28. The standard InChI is InChI=1S/C10H6Br2FN3O/c11-6-3-5(13)1-2-7(6)16-9-8(12)10(17)15-4-14-9/h1-4H,(H2,14,15,16,17). The van der Waals surface area contributed by atoms with Gasteiger partial charge in [0.1, 0.15) is 10.3 Å². The van der Waals surface area contributed by atoms with Crippen molar-refractivity contribution in [1.82, 2.24) is 9.97 Å². The zero-order valence-electron chi connectivity index (χ0n) is 8.30. The van der Waals surface area contributed by atoms with E-state index in [2.05, 4.69) is 47.1 Å². The summed E-state index contributed by atoms with van der Waals surface area (Å²) in [5.41, 5.74) is 0.325. The van der Waals surface area contributed by atoms with Gasteiger partial charge in [-0.2, -0.15) is 0 Å². The lowest BCUT2D eigenvalue weighted by Crippen LogP contribution is -2.10. The van der Waals surface area contributed by atoms with Crippen LogP contribution < -0.4 is 10.9 Å². The van der Waals surface area contributed by atoms with Crippen LogP contribution >= 0.6 is 31.9 Å². The van der Waals surface area contributed by atoms with Crippen molar-refractivity contribution in [3.8, 4) is 0 Å². The molecule has 0 saturated carbocycles. The van der Waals surface area contributed by atoms with E-state index >= 15 is 0 Å². The molecule has 0 fully saturated rings. The zero-order valence-corrected chi connectivity index (χ0v) is 11.5. The lowest BCUT2D eigenvalue weighted by Gasteiger charge is -2.08. The smallest absolute Gasteiger partial charge is 0.267 e. The van der Waals surface area contributed by atoms with Gasteiger partial charge in [0.05, 0.1) is 12.0 Å². The summed E-state index contributed by atoms with van der Waals surface area (Å²) in [7, 11) is 0. The summed E-state index contributed by atoms with van der Waals surface area (Å²) in [6.45, 7) is 0. The molecule has 2 aromatic rings. The first-order valence-electron chi connectivity index (χ1n) is 4.53. The third kappa shape index (κ3) is 2.73. The van der Waals surface area contributed by atoms with Gasteiger partial charge < -0.3 is 10.3 Å². The van der Waals surface area contributed by atoms with Gasteiger partial charge in [0.25, 0.3) is 5.56 Å². The molecule has 0 amide bonds. The van der Waals surface area contributed by atoms with Gasteiger partial charge in [0, 0.05) is 4.47 Å². The van der Waals surface area contributed by atoms with Crippen molar-refractivity contribution < 1.29 is 4.39 Å². The summed E-state index contributed by atoms with van der Waals surface area (Å²) in [6, 6.07) is 4.19. The van der Waals surface area contributed by atoms with Crippen molar-refractivity contribution >= 4 is 43.4 Å². The third-order valence-corrected chi connectivity index (χ3v) is 3.37. The van der Waals surface area contributed by atoms with Gasteiger partial charge >= 0.3 is 0 Å². The van der Waals surface area contributed by atoms with Gasteiger partial charge in [-0.25, -0.2) is 9.37 Å². The molecule has 0 aliphatic heterocycles. The van der Waals surface area contributed by atoms with Crippen LogP contribution in [0.3, 0.4) is 0 Å². The van der Waals surface area contributed by atoms with E-state index in [1.165, 1.54) is 18.5 Å². The van der Waals surface area contributed by atoms with Crippen molar-refractivity contribution in [2.75, 3.05) is 5.32 Å². The van der Waals surface area contributed by atoms with Crippen LogP contribution in [0, 0.1) is 5.82 Å². The molecular weight excluding hydrogens is 357 g/mol. The number of nitrogens with zero attached hydrogens (tertiary/aromatic N) is 1. The summed E-state index contributed by atoms with van der Waals surface area (Å²) in [5, 5.41) is 2.92. The minimum atomic E-state index is -0.347. The second-order valence-corrected chi connectivity index (χ2v) is 4.79. The molecule has 2 rings (SSSR count). The Kier molecular flexibility index (Phi) is 3.58. The Hall–Kier alpha value is -1.21. The van der Waals surface area contributed by atoms with Crippen molar-refractivity contribution in [3.05, 3.63) is 49.6 Å². The van der Waals surface area contributed by atoms with Crippen LogP contribution in [0.4, 0.5) is 15.9 Å². The Bertz CT molecular complexity index is 615. The van der Waals surface area contributed by atoms with Gasteiger partial charge in [-0.15, -0.1) is 0 Å². The molecule has 88 valence electrons. The van der Waals surface area contributed by atoms with Crippen molar-refractivity contribution in [2.24, 2.45) is 0 Å². The molecule has 0 spiro atoms. The molecule has 7 heteroatoms. The number of benzene rings is 1. The van der Waals surface area contributed by atoms with E-state index < -0.39 is 0 Å². The van der Waals surface area contributed by atoms with Crippen molar-refractivity contribution in [2.45, 2.75) is 0 Å². The lowest BCUT2D eigenvalue weighted by molar-refractivity contribution is 0.627.